The van der Waals surface area contributed by atoms with Gasteiger partial charge in [-0.05, 0) is 45.0 Å². The number of benzene rings is 2. The van der Waals surface area contributed by atoms with Gasteiger partial charge in [0.25, 0.3) is 5.91 Å². The summed E-state index contributed by atoms with van der Waals surface area (Å²) in [5.41, 5.74) is 4.79. The maximum Gasteiger partial charge on any atom is 0.276 e. The number of carbonyl (C=O) groups is 2. The lowest BCUT2D eigenvalue weighted by atomic mass is 10.1. The lowest BCUT2D eigenvalue weighted by molar-refractivity contribution is -0.124. The minimum atomic E-state index is -0.428. The van der Waals surface area contributed by atoms with Crippen molar-refractivity contribution in [1.29, 1.82) is 0 Å². The number of nitrogens with one attached hydrogen (secondary N) is 3. The summed E-state index contributed by atoms with van der Waals surface area (Å²) in [5.74, 6) is -0.105. The first-order valence-electron chi connectivity index (χ1n) is 7.20. The van der Waals surface area contributed by atoms with Crippen molar-refractivity contribution in [1.82, 2.24) is 16.2 Å². The number of halogens is 1. The molecule has 2 aromatic rings. The molecule has 2 amide bonds. The summed E-state index contributed by atoms with van der Waals surface area (Å²) < 4.78 is 6.30. The van der Waals surface area contributed by atoms with Gasteiger partial charge in [-0.1, -0.05) is 37.3 Å². The molecule has 126 valence electrons. The molecule has 0 radical (unpaired) electrons. The number of rotatable bonds is 4. The lowest BCUT2D eigenvalue weighted by Crippen LogP contribution is -2.49. The minimum Gasteiger partial charge on any atom is -0.483 e. The van der Waals surface area contributed by atoms with Crippen LogP contribution in [0.25, 0.3) is 10.8 Å². The van der Waals surface area contributed by atoms with E-state index in [1.54, 1.807) is 13.0 Å². The van der Waals surface area contributed by atoms with Crippen LogP contribution in [0.15, 0.2) is 40.9 Å². The summed E-state index contributed by atoms with van der Waals surface area (Å²) in [6.07, 6.45) is 0.300. The van der Waals surface area contributed by atoms with Crippen molar-refractivity contribution in [3.8, 4) is 5.75 Å². The van der Waals surface area contributed by atoms with E-state index in [0.717, 1.165) is 15.2 Å². The molecule has 0 aliphatic heterocycles. The van der Waals surface area contributed by atoms with Crippen LogP contribution in [-0.4, -0.2) is 23.5 Å². The average molecular weight is 410 g/mol. The van der Waals surface area contributed by atoms with Gasteiger partial charge in [0.05, 0.1) is 4.47 Å². The van der Waals surface area contributed by atoms with Gasteiger partial charge in [0, 0.05) is 6.42 Å². The Labute approximate surface area is 153 Å². The van der Waals surface area contributed by atoms with E-state index >= 15 is 0 Å². The molecule has 0 aromatic heterocycles. The fourth-order valence-electron chi connectivity index (χ4n) is 1.88. The highest BCUT2D eigenvalue weighted by Gasteiger charge is 2.09. The lowest BCUT2D eigenvalue weighted by Gasteiger charge is -2.12. The molecule has 0 aliphatic rings. The standard InChI is InChI=1S/C16H16BrN3O3S/c1-2-13(21)18-16(24)20-19-14(22)9-23-12-8-7-10-5-3-4-6-11(10)15(12)17/h3-8H,2,9H2,1H3,(H,19,22)(H2,18,20,21,24). The normalized spacial score (nSPS) is 10.1. The molecule has 2 aromatic carbocycles. The second kappa shape index (κ2) is 8.60. The Morgan fingerprint density at radius 2 is 1.88 bits per heavy atom. The molecule has 0 saturated carbocycles. The summed E-state index contributed by atoms with van der Waals surface area (Å²) >= 11 is 8.35. The Morgan fingerprint density at radius 3 is 2.62 bits per heavy atom. The largest absolute Gasteiger partial charge is 0.483 e. The number of hydrogen-bond donors (Lipinski definition) is 3. The number of amides is 2. The van der Waals surface area contributed by atoms with Gasteiger partial charge >= 0.3 is 0 Å². The van der Waals surface area contributed by atoms with Crippen molar-refractivity contribution in [2.24, 2.45) is 0 Å². The van der Waals surface area contributed by atoms with Gasteiger partial charge in [0.1, 0.15) is 5.75 Å². The maximum absolute atomic E-state index is 11.8. The molecule has 8 heteroatoms. The number of hydrogen-bond acceptors (Lipinski definition) is 4. The van der Waals surface area contributed by atoms with Gasteiger partial charge in [-0.3, -0.25) is 20.4 Å². The SMILES string of the molecule is CCC(=O)NC(=S)NNC(=O)COc1ccc2ccccc2c1Br. The van der Waals surface area contributed by atoms with Crippen LogP contribution in [0.4, 0.5) is 0 Å². The molecule has 0 saturated heterocycles. The van der Waals surface area contributed by atoms with Crippen molar-refractivity contribution >= 4 is 55.8 Å². The Balaban J connectivity index is 1.87. The third-order valence-electron chi connectivity index (χ3n) is 3.08. The van der Waals surface area contributed by atoms with Crippen molar-refractivity contribution in [2.75, 3.05) is 6.61 Å². The first-order valence-corrected chi connectivity index (χ1v) is 8.40. The van der Waals surface area contributed by atoms with Gasteiger partial charge in [0.2, 0.25) is 5.91 Å². The Kier molecular flexibility index (Phi) is 6.51. The molecule has 2 rings (SSSR count). The Hall–Kier alpha value is -2.19. The summed E-state index contributed by atoms with van der Waals surface area (Å²) in [6, 6.07) is 11.5. The maximum atomic E-state index is 11.8. The monoisotopic (exact) mass is 409 g/mol. The Bertz CT molecular complexity index is 782. The van der Waals surface area contributed by atoms with Crippen LogP contribution in [0.3, 0.4) is 0 Å². The van der Waals surface area contributed by atoms with Crippen LogP contribution in [0.1, 0.15) is 13.3 Å². The fourth-order valence-corrected chi connectivity index (χ4v) is 2.65. The van der Waals surface area contributed by atoms with Crippen molar-refractivity contribution in [2.45, 2.75) is 13.3 Å². The number of ether oxygens (including phenoxy) is 1. The van der Waals surface area contributed by atoms with E-state index in [4.69, 9.17) is 17.0 Å². The molecule has 0 unspecified atom stereocenters. The molecule has 0 atom stereocenters. The topological polar surface area (TPSA) is 79.5 Å². The molecule has 0 heterocycles. The predicted molar refractivity (Wildman–Crippen MR) is 99.5 cm³/mol. The third kappa shape index (κ3) is 4.90. The van der Waals surface area contributed by atoms with Gasteiger partial charge in [-0.25, -0.2) is 0 Å². The third-order valence-corrected chi connectivity index (χ3v) is 4.10. The van der Waals surface area contributed by atoms with Crippen LogP contribution in [0.2, 0.25) is 0 Å². The zero-order valence-corrected chi connectivity index (χ0v) is 15.3. The zero-order chi connectivity index (χ0) is 17.5. The molecule has 24 heavy (non-hydrogen) atoms. The highest BCUT2D eigenvalue weighted by atomic mass is 79.9. The first-order chi connectivity index (χ1) is 11.5. The summed E-state index contributed by atoms with van der Waals surface area (Å²) in [4.78, 5) is 22.9. The van der Waals surface area contributed by atoms with Crippen LogP contribution in [-0.2, 0) is 9.59 Å². The molecule has 6 nitrogen and oxygen atoms in total. The average Bonchev–Trinajstić information content (AvgIpc) is 2.59. The molecule has 0 bridgehead atoms. The first kappa shape index (κ1) is 18.2. The highest BCUT2D eigenvalue weighted by molar-refractivity contribution is 9.10. The number of hydrazine groups is 1. The zero-order valence-electron chi connectivity index (χ0n) is 12.9. The van der Waals surface area contributed by atoms with E-state index in [1.165, 1.54) is 0 Å². The van der Waals surface area contributed by atoms with Gasteiger partial charge < -0.3 is 10.1 Å². The number of carbonyl (C=O) groups excluding carboxylic acids is 2. The van der Waals surface area contributed by atoms with E-state index in [9.17, 15) is 9.59 Å². The number of thiocarbonyl (C=S) groups is 1. The van der Waals surface area contributed by atoms with E-state index in [1.807, 2.05) is 30.3 Å². The van der Waals surface area contributed by atoms with Gasteiger partial charge in [-0.15, -0.1) is 0 Å². The van der Waals surface area contributed by atoms with Gasteiger partial charge in [-0.2, -0.15) is 0 Å². The second-order valence-corrected chi connectivity index (χ2v) is 5.99. The predicted octanol–water partition coefficient (Wildman–Crippen LogP) is 2.41. The molecular weight excluding hydrogens is 394 g/mol. The van der Waals surface area contributed by atoms with Crippen LogP contribution in [0.5, 0.6) is 5.75 Å². The highest BCUT2D eigenvalue weighted by Crippen LogP contribution is 2.32. The Morgan fingerprint density at radius 1 is 1.12 bits per heavy atom. The molecule has 3 N–H and O–H groups in total. The molecule has 0 spiro atoms. The summed E-state index contributed by atoms with van der Waals surface area (Å²) in [5, 5.41) is 4.50. The van der Waals surface area contributed by atoms with E-state index in [2.05, 4.69) is 32.1 Å². The van der Waals surface area contributed by atoms with Crippen molar-refractivity contribution < 1.29 is 14.3 Å². The van der Waals surface area contributed by atoms with Gasteiger partial charge in [0.15, 0.2) is 11.7 Å². The van der Waals surface area contributed by atoms with Crippen molar-refractivity contribution in [3.05, 3.63) is 40.9 Å². The number of fused-ring (bicyclic) bond motifs is 1. The molecule has 0 fully saturated rings. The second-order valence-electron chi connectivity index (χ2n) is 4.79. The smallest absolute Gasteiger partial charge is 0.276 e. The van der Waals surface area contributed by atoms with E-state index in [0.29, 0.717) is 12.2 Å². The van der Waals surface area contributed by atoms with Crippen molar-refractivity contribution in [3.63, 3.8) is 0 Å². The minimum absolute atomic E-state index is 0.0297. The van der Waals surface area contributed by atoms with Crippen LogP contribution in [0, 0.1) is 0 Å². The van der Waals surface area contributed by atoms with E-state index < -0.39 is 5.91 Å². The summed E-state index contributed by atoms with van der Waals surface area (Å²) in [6.45, 7) is 1.50. The van der Waals surface area contributed by atoms with Crippen LogP contribution >= 0.6 is 28.1 Å². The van der Waals surface area contributed by atoms with Crippen LogP contribution < -0.4 is 20.9 Å². The quantitative estimate of drug-likeness (QED) is 0.533. The molecule has 0 aliphatic carbocycles. The fraction of sp³-hybridized carbons (Fsp3) is 0.188. The molecular formula is C16H16BrN3O3S. The van der Waals surface area contributed by atoms with E-state index in [-0.39, 0.29) is 17.6 Å². The summed E-state index contributed by atoms with van der Waals surface area (Å²) in [7, 11) is 0.